The topological polar surface area (TPSA) is 85.1 Å². The van der Waals surface area contributed by atoms with Crippen LogP contribution in [0.15, 0.2) is 29.3 Å². The smallest absolute Gasteiger partial charge is 0.303 e. The molecule has 0 aliphatic heterocycles. The molecule has 6 nitrogen and oxygen atoms in total. The van der Waals surface area contributed by atoms with Gasteiger partial charge in [-0.05, 0) is 49.3 Å². The molecule has 0 aromatic carbocycles. The van der Waals surface area contributed by atoms with Crippen LogP contribution in [0.1, 0.15) is 36.6 Å². The van der Waals surface area contributed by atoms with E-state index in [0.29, 0.717) is 24.7 Å². The molecule has 1 N–H and O–H groups in total. The Bertz CT molecular complexity index is 1060. The fourth-order valence-electron chi connectivity index (χ4n) is 3.74. The number of carboxylic acids is 1. The van der Waals surface area contributed by atoms with Crippen LogP contribution in [0.25, 0.3) is 21.6 Å². The molecule has 1 atom stereocenters. The van der Waals surface area contributed by atoms with E-state index in [2.05, 4.69) is 11.9 Å². The molecular weight excluding hydrogens is 362 g/mol. The lowest BCUT2D eigenvalue weighted by Gasteiger charge is -2.18. The minimum atomic E-state index is -0.857. The summed E-state index contributed by atoms with van der Waals surface area (Å²) in [4.78, 5) is 35.2. The quantitative estimate of drug-likeness (QED) is 0.729. The van der Waals surface area contributed by atoms with Gasteiger partial charge in [0.25, 0.3) is 5.56 Å². The van der Waals surface area contributed by atoms with Crippen molar-refractivity contribution in [2.45, 2.75) is 45.6 Å². The summed E-state index contributed by atoms with van der Waals surface area (Å²) in [6, 6.07) is 3.66. The van der Waals surface area contributed by atoms with Crippen LogP contribution in [-0.2, 0) is 24.2 Å². The molecule has 0 saturated heterocycles. The van der Waals surface area contributed by atoms with Crippen molar-refractivity contribution >= 4 is 27.5 Å². The molecule has 140 valence electrons. The second-order valence-corrected chi connectivity index (χ2v) is 8.24. The van der Waals surface area contributed by atoms with Crippen molar-refractivity contribution < 1.29 is 9.90 Å². The van der Waals surface area contributed by atoms with Gasteiger partial charge >= 0.3 is 5.97 Å². The number of carboxylic acid groups (broad SMARTS) is 1. The van der Waals surface area contributed by atoms with Gasteiger partial charge in [0, 0.05) is 35.8 Å². The SMILES string of the molecule is CC1CCc2c(sc3nc(-c4ccncc4)n(CCCC(=O)O)c(=O)c23)C1. The summed E-state index contributed by atoms with van der Waals surface area (Å²) in [5.41, 5.74) is 1.92. The van der Waals surface area contributed by atoms with Crippen molar-refractivity contribution in [2.24, 2.45) is 5.92 Å². The van der Waals surface area contributed by atoms with Crippen LogP contribution in [0.5, 0.6) is 0 Å². The molecule has 27 heavy (non-hydrogen) atoms. The molecular formula is C20H21N3O3S. The molecule has 0 radical (unpaired) electrons. The number of fused-ring (bicyclic) bond motifs is 3. The Morgan fingerprint density at radius 2 is 2.15 bits per heavy atom. The number of aryl methyl sites for hydroxylation is 1. The van der Waals surface area contributed by atoms with Crippen molar-refractivity contribution in [1.29, 1.82) is 0 Å². The van der Waals surface area contributed by atoms with Crippen LogP contribution in [0, 0.1) is 5.92 Å². The van der Waals surface area contributed by atoms with E-state index in [1.54, 1.807) is 28.3 Å². The summed E-state index contributed by atoms with van der Waals surface area (Å²) in [5, 5.41) is 9.69. The molecule has 3 heterocycles. The van der Waals surface area contributed by atoms with Crippen LogP contribution in [-0.4, -0.2) is 25.6 Å². The maximum atomic E-state index is 13.4. The normalized spacial score (nSPS) is 16.4. The monoisotopic (exact) mass is 383 g/mol. The van der Waals surface area contributed by atoms with Crippen molar-refractivity contribution in [3.63, 3.8) is 0 Å². The van der Waals surface area contributed by atoms with Gasteiger partial charge in [-0.3, -0.25) is 19.1 Å². The number of aliphatic carboxylic acids is 1. The number of rotatable bonds is 5. The Hall–Kier alpha value is -2.54. The highest BCUT2D eigenvalue weighted by atomic mass is 32.1. The van der Waals surface area contributed by atoms with Crippen molar-refractivity contribution in [1.82, 2.24) is 14.5 Å². The van der Waals surface area contributed by atoms with Crippen LogP contribution in [0.4, 0.5) is 0 Å². The lowest BCUT2D eigenvalue weighted by molar-refractivity contribution is -0.137. The summed E-state index contributed by atoms with van der Waals surface area (Å²) in [6.45, 7) is 2.58. The zero-order valence-electron chi connectivity index (χ0n) is 15.1. The van der Waals surface area contributed by atoms with Crippen molar-refractivity contribution in [3.8, 4) is 11.4 Å². The van der Waals surface area contributed by atoms with Crippen LogP contribution < -0.4 is 5.56 Å². The van der Waals surface area contributed by atoms with Gasteiger partial charge in [0.1, 0.15) is 10.7 Å². The maximum Gasteiger partial charge on any atom is 0.303 e. The van der Waals surface area contributed by atoms with Gasteiger partial charge in [0.05, 0.1) is 5.39 Å². The second kappa shape index (κ2) is 7.23. The first-order valence-electron chi connectivity index (χ1n) is 9.22. The number of hydrogen-bond acceptors (Lipinski definition) is 5. The number of thiophene rings is 1. The van der Waals surface area contributed by atoms with Gasteiger partial charge < -0.3 is 5.11 Å². The zero-order valence-corrected chi connectivity index (χ0v) is 16.0. The van der Waals surface area contributed by atoms with Crippen LogP contribution in [0.2, 0.25) is 0 Å². The fraction of sp³-hybridized carbons (Fsp3) is 0.400. The van der Waals surface area contributed by atoms with Gasteiger partial charge in [-0.2, -0.15) is 0 Å². The Kier molecular flexibility index (Phi) is 4.78. The van der Waals surface area contributed by atoms with Crippen molar-refractivity contribution in [2.75, 3.05) is 0 Å². The molecule has 3 aromatic heterocycles. The number of hydrogen-bond donors (Lipinski definition) is 1. The van der Waals surface area contributed by atoms with E-state index >= 15 is 0 Å². The van der Waals surface area contributed by atoms with E-state index < -0.39 is 5.97 Å². The molecule has 1 unspecified atom stereocenters. The summed E-state index contributed by atoms with van der Waals surface area (Å²) in [7, 11) is 0. The average Bonchev–Trinajstić information content (AvgIpc) is 3.01. The van der Waals surface area contributed by atoms with E-state index in [1.165, 1.54) is 4.88 Å². The molecule has 7 heteroatoms. The Morgan fingerprint density at radius 1 is 1.37 bits per heavy atom. The summed E-state index contributed by atoms with van der Waals surface area (Å²) in [6.07, 6.45) is 6.77. The number of carbonyl (C=O) groups is 1. The Morgan fingerprint density at radius 3 is 2.89 bits per heavy atom. The number of aromatic nitrogens is 3. The first-order valence-corrected chi connectivity index (χ1v) is 10.0. The highest BCUT2D eigenvalue weighted by molar-refractivity contribution is 7.18. The minimum absolute atomic E-state index is 0.0273. The third kappa shape index (κ3) is 3.39. The number of pyridine rings is 1. The first-order chi connectivity index (χ1) is 13.0. The summed E-state index contributed by atoms with van der Waals surface area (Å²) >= 11 is 1.63. The Balaban J connectivity index is 1.89. The largest absolute Gasteiger partial charge is 0.481 e. The second-order valence-electron chi connectivity index (χ2n) is 7.16. The standard InChI is InChI=1S/C20H21N3O3S/c1-12-4-5-14-15(11-12)27-19-17(14)20(26)23(10-2-3-16(24)25)18(22-19)13-6-8-21-9-7-13/h6-9,12H,2-5,10-11H2,1H3,(H,24,25). The highest BCUT2D eigenvalue weighted by Gasteiger charge is 2.24. The fourth-order valence-corrected chi connectivity index (χ4v) is 5.11. The molecule has 4 rings (SSSR count). The van der Waals surface area contributed by atoms with E-state index in [9.17, 15) is 9.59 Å². The molecule has 0 fully saturated rings. The van der Waals surface area contributed by atoms with E-state index in [1.807, 2.05) is 12.1 Å². The minimum Gasteiger partial charge on any atom is -0.481 e. The Labute approximate surface area is 160 Å². The third-order valence-electron chi connectivity index (χ3n) is 5.13. The summed E-state index contributed by atoms with van der Waals surface area (Å²) in [5.74, 6) is 0.361. The highest BCUT2D eigenvalue weighted by Crippen LogP contribution is 2.36. The maximum absolute atomic E-state index is 13.4. The lowest BCUT2D eigenvalue weighted by Crippen LogP contribution is -2.24. The summed E-state index contributed by atoms with van der Waals surface area (Å²) < 4.78 is 1.64. The molecule has 1 aliphatic carbocycles. The predicted octanol–water partition coefficient (Wildman–Crippen LogP) is 3.51. The zero-order chi connectivity index (χ0) is 19.0. The van der Waals surface area contributed by atoms with E-state index in [4.69, 9.17) is 10.1 Å². The number of nitrogens with zero attached hydrogens (tertiary/aromatic N) is 3. The van der Waals surface area contributed by atoms with Gasteiger partial charge in [-0.15, -0.1) is 11.3 Å². The van der Waals surface area contributed by atoms with E-state index in [0.717, 1.165) is 40.6 Å². The molecule has 0 amide bonds. The molecule has 0 spiro atoms. The van der Waals surface area contributed by atoms with Gasteiger partial charge in [-0.1, -0.05) is 6.92 Å². The lowest BCUT2D eigenvalue weighted by atomic mass is 9.89. The average molecular weight is 383 g/mol. The third-order valence-corrected chi connectivity index (χ3v) is 6.27. The molecule has 0 saturated carbocycles. The van der Waals surface area contributed by atoms with E-state index in [-0.39, 0.29) is 12.0 Å². The predicted molar refractivity (Wildman–Crippen MR) is 105 cm³/mol. The van der Waals surface area contributed by atoms with Crippen molar-refractivity contribution in [3.05, 3.63) is 45.3 Å². The molecule has 3 aromatic rings. The molecule has 0 bridgehead atoms. The van der Waals surface area contributed by atoms with Gasteiger partial charge in [0.15, 0.2) is 0 Å². The van der Waals surface area contributed by atoms with Gasteiger partial charge in [-0.25, -0.2) is 4.98 Å². The van der Waals surface area contributed by atoms with Crippen LogP contribution in [0.3, 0.4) is 0 Å². The van der Waals surface area contributed by atoms with Gasteiger partial charge in [0.2, 0.25) is 0 Å². The van der Waals surface area contributed by atoms with Crippen LogP contribution >= 0.6 is 11.3 Å². The first kappa shape index (κ1) is 17.9. The molecule has 1 aliphatic rings.